The molecular formula is C12H14BrN3O4S. The monoisotopic (exact) mass is 375 g/mol. The standard InChI is InChI=1S/C12H14BrN3O4S/c1-20-5-4-16-10(17)6-7(12(16)19)14-15-11(18)8-2-3-9(13)21-8/h2-3,7,14H,4-6H2,1H3,(H,15,18)/t7-/m0/s1. The summed E-state index contributed by atoms with van der Waals surface area (Å²) in [5, 5.41) is 0. The van der Waals surface area contributed by atoms with Crippen molar-refractivity contribution in [3.05, 3.63) is 20.8 Å². The van der Waals surface area contributed by atoms with E-state index < -0.39 is 6.04 Å². The zero-order valence-corrected chi connectivity index (χ0v) is 13.6. The molecule has 1 atom stereocenters. The maximum Gasteiger partial charge on any atom is 0.275 e. The van der Waals surface area contributed by atoms with E-state index in [-0.39, 0.29) is 30.7 Å². The van der Waals surface area contributed by atoms with Crippen LogP contribution in [0.2, 0.25) is 0 Å². The summed E-state index contributed by atoms with van der Waals surface area (Å²) in [6.45, 7) is 0.512. The van der Waals surface area contributed by atoms with Crippen LogP contribution in [0.1, 0.15) is 16.1 Å². The molecule has 0 saturated carbocycles. The molecule has 0 aliphatic carbocycles. The lowest BCUT2D eigenvalue weighted by Crippen LogP contribution is -2.48. The molecule has 1 aromatic rings. The van der Waals surface area contributed by atoms with Gasteiger partial charge >= 0.3 is 0 Å². The van der Waals surface area contributed by atoms with Gasteiger partial charge in [-0.1, -0.05) is 0 Å². The van der Waals surface area contributed by atoms with Crippen molar-refractivity contribution < 1.29 is 19.1 Å². The van der Waals surface area contributed by atoms with E-state index in [9.17, 15) is 14.4 Å². The minimum Gasteiger partial charge on any atom is -0.383 e. The Morgan fingerprint density at radius 3 is 2.90 bits per heavy atom. The van der Waals surface area contributed by atoms with E-state index in [1.165, 1.54) is 18.4 Å². The minimum absolute atomic E-state index is 0.0248. The highest BCUT2D eigenvalue weighted by Crippen LogP contribution is 2.21. The number of rotatable bonds is 6. The topological polar surface area (TPSA) is 87.7 Å². The summed E-state index contributed by atoms with van der Waals surface area (Å²) in [6.07, 6.45) is 0.0248. The summed E-state index contributed by atoms with van der Waals surface area (Å²) in [4.78, 5) is 37.2. The number of likely N-dealkylation sites (tertiary alicyclic amines) is 1. The average Bonchev–Trinajstić information content (AvgIpc) is 2.99. The third-order valence-corrected chi connectivity index (χ3v) is 4.54. The van der Waals surface area contributed by atoms with Crippen molar-refractivity contribution >= 4 is 45.0 Å². The lowest BCUT2D eigenvalue weighted by Gasteiger charge is -2.15. The van der Waals surface area contributed by atoms with E-state index in [0.717, 1.165) is 8.69 Å². The number of imide groups is 1. The molecule has 0 unspecified atom stereocenters. The molecule has 1 saturated heterocycles. The normalized spacial score (nSPS) is 18.4. The van der Waals surface area contributed by atoms with Gasteiger partial charge in [-0.3, -0.25) is 24.7 Å². The van der Waals surface area contributed by atoms with Crippen LogP contribution in [0, 0.1) is 0 Å². The van der Waals surface area contributed by atoms with Crippen LogP contribution in [-0.4, -0.2) is 48.9 Å². The molecule has 1 aliphatic rings. The molecule has 0 bridgehead atoms. The Balaban J connectivity index is 1.88. The lowest BCUT2D eigenvalue weighted by atomic mass is 10.3. The van der Waals surface area contributed by atoms with Crippen molar-refractivity contribution in [2.24, 2.45) is 0 Å². The van der Waals surface area contributed by atoms with Crippen molar-refractivity contribution in [1.82, 2.24) is 15.8 Å². The van der Waals surface area contributed by atoms with Crippen molar-refractivity contribution in [3.63, 3.8) is 0 Å². The molecule has 9 heteroatoms. The molecule has 1 fully saturated rings. The second kappa shape index (κ2) is 7.12. The molecule has 2 heterocycles. The first-order valence-electron chi connectivity index (χ1n) is 6.17. The summed E-state index contributed by atoms with van der Waals surface area (Å²) in [6, 6.07) is 2.69. The molecule has 0 spiro atoms. The van der Waals surface area contributed by atoms with Crippen molar-refractivity contribution in [2.45, 2.75) is 12.5 Å². The second-order valence-corrected chi connectivity index (χ2v) is 6.80. The summed E-state index contributed by atoms with van der Waals surface area (Å²) < 4.78 is 5.69. The molecule has 1 aromatic heterocycles. The SMILES string of the molecule is COCCN1C(=O)C[C@H](NNC(=O)c2ccc(Br)s2)C1=O. The van der Waals surface area contributed by atoms with Gasteiger partial charge in [-0.2, -0.15) is 0 Å². The molecule has 7 nitrogen and oxygen atoms in total. The summed E-state index contributed by atoms with van der Waals surface area (Å²) in [7, 11) is 1.50. The van der Waals surface area contributed by atoms with Gasteiger partial charge in [-0.15, -0.1) is 11.3 Å². The van der Waals surface area contributed by atoms with E-state index in [1.807, 2.05) is 0 Å². The van der Waals surface area contributed by atoms with Crippen LogP contribution >= 0.6 is 27.3 Å². The Labute approximate surface area is 133 Å². The predicted octanol–water partition coefficient (Wildman–Crippen LogP) is 0.519. The number of hydrogen-bond acceptors (Lipinski definition) is 6. The molecule has 0 aromatic carbocycles. The number of ether oxygens (including phenoxy) is 1. The number of halogens is 1. The summed E-state index contributed by atoms with van der Waals surface area (Å²) in [5.74, 6) is -0.978. The minimum atomic E-state index is -0.735. The van der Waals surface area contributed by atoms with Crippen LogP contribution in [0.3, 0.4) is 0 Å². The fraction of sp³-hybridized carbons (Fsp3) is 0.417. The van der Waals surface area contributed by atoms with Crippen molar-refractivity contribution in [2.75, 3.05) is 20.3 Å². The molecular weight excluding hydrogens is 362 g/mol. The van der Waals surface area contributed by atoms with Crippen LogP contribution in [0.4, 0.5) is 0 Å². The van der Waals surface area contributed by atoms with E-state index in [1.54, 1.807) is 12.1 Å². The Bertz CT molecular complexity index is 562. The lowest BCUT2D eigenvalue weighted by molar-refractivity contribution is -0.139. The first-order chi connectivity index (χ1) is 10.0. The molecule has 3 amide bonds. The van der Waals surface area contributed by atoms with Gasteiger partial charge in [0.1, 0.15) is 6.04 Å². The second-order valence-electron chi connectivity index (χ2n) is 4.34. The third-order valence-electron chi connectivity index (χ3n) is 2.92. The van der Waals surface area contributed by atoms with Crippen LogP contribution in [-0.2, 0) is 14.3 Å². The van der Waals surface area contributed by atoms with Crippen molar-refractivity contribution in [1.29, 1.82) is 0 Å². The summed E-state index contributed by atoms with van der Waals surface area (Å²) >= 11 is 4.55. The number of nitrogens with one attached hydrogen (secondary N) is 2. The molecule has 114 valence electrons. The van der Waals surface area contributed by atoms with Crippen molar-refractivity contribution in [3.8, 4) is 0 Å². The van der Waals surface area contributed by atoms with Crippen LogP contribution in [0.25, 0.3) is 0 Å². The molecule has 1 aliphatic heterocycles. The molecule has 2 rings (SSSR count). The van der Waals surface area contributed by atoms with Gasteiger partial charge in [-0.05, 0) is 28.1 Å². The number of hydrogen-bond donors (Lipinski definition) is 2. The van der Waals surface area contributed by atoms with Gasteiger partial charge in [0.25, 0.3) is 5.91 Å². The largest absolute Gasteiger partial charge is 0.383 e. The van der Waals surface area contributed by atoms with E-state index >= 15 is 0 Å². The first kappa shape index (κ1) is 16.1. The van der Waals surface area contributed by atoms with Gasteiger partial charge in [0.2, 0.25) is 11.8 Å². The Morgan fingerprint density at radius 1 is 1.52 bits per heavy atom. The van der Waals surface area contributed by atoms with Gasteiger partial charge in [0.05, 0.1) is 28.2 Å². The average molecular weight is 376 g/mol. The summed E-state index contributed by atoms with van der Waals surface area (Å²) in [5.41, 5.74) is 5.07. The van der Waals surface area contributed by atoms with Crippen LogP contribution in [0.5, 0.6) is 0 Å². The van der Waals surface area contributed by atoms with Gasteiger partial charge < -0.3 is 4.74 Å². The number of hydrazine groups is 1. The Hall–Kier alpha value is -1.29. The highest BCUT2D eigenvalue weighted by molar-refractivity contribution is 9.11. The van der Waals surface area contributed by atoms with Crippen LogP contribution in [0.15, 0.2) is 15.9 Å². The molecule has 21 heavy (non-hydrogen) atoms. The Morgan fingerprint density at radius 2 is 2.29 bits per heavy atom. The van der Waals surface area contributed by atoms with Crippen LogP contribution < -0.4 is 10.9 Å². The number of carbonyl (C=O) groups excluding carboxylic acids is 3. The smallest absolute Gasteiger partial charge is 0.275 e. The third kappa shape index (κ3) is 3.88. The molecule has 0 radical (unpaired) electrons. The highest BCUT2D eigenvalue weighted by atomic mass is 79.9. The number of nitrogens with zero attached hydrogens (tertiary/aromatic N) is 1. The number of thiophene rings is 1. The number of amides is 3. The van der Waals surface area contributed by atoms with E-state index in [0.29, 0.717) is 11.5 Å². The molecule has 2 N–H and O–H groups in total. The predicted molar refractivity (Wildman–Crippen MR) is 79.6 cm³/mol. The van der Waals surface area contributed by atoms with Gasteiger partial charge in [-0.25, -0.2) is 5.43 Å². The Kier molecular flexibility index (Phi) is 5.45. The maximum absolute atomic E-state index is 12.0. The van der Waals surface area contributed by atoms with E-state index in [2.05, 4.69) is 26.8 Å². The highest BCUT2D eigenvalue weighted by Gasteiger charge is 2.38. The van der Waals surface area contributed by atoms with Gasteiger partial charge in [0, 0.05) is 7.11 Å². The number of carbonyl (C=O) groups is 3. The van der Waals surface area contributed by atoms with E-state index in [4.69, 9.17) is 4.74 Å². The maximum atomic E-state index is 12.0. The zero-order valence-electron chi connectivity index (χ0n) is 11.2. The first-order valence-corrected chi connectivity index (χ1v) is 7.78. The quantitative estimate of drug-likeness (QED) is 0.558. The van der Waals surface area contributed by atoms with Gasteiger partial charge in [0.15, 0.2) is 0 Å². The fourth-order valence-corrected chi connectivity index (χ4v) is 3.15. The number of methoxy groups -OCH3 is 1. The zero-order chi connectivity index (χ0) is 15.4. The fourth-order valence-electron chi connectivity index (χ4n) is 1.86.